The molecule has 0 saturated carbocycles. The van der Waals surface area contributed by atoms with E-state index in [0.717, 1.165) is 11.1 Å². The van der Waals surface area contributed by atoms with Crippen molar-refractivity contribution in [2.24, 2.45) is 5.92 Å². The van der Waals surface area contributed by atoms with Crippen molar-refractivity contribution in [3.05, 3.63) is 69.7 Å². The van der Waals surface area contributed by atoms with Crippen molar-refractivity contribution in [2.45, 2.75) is 68.8 Å². The number of rotatable bonds is 4. The number of likely N-dealkylation sites (tertiary alicyclic amines) is 1. The molecule has 3 unspecified atom stereocenters. The van der Waals surface area contributed by atoms with E-state index in [0.29, 0.717) is 62.6 Å². The molecule has 206 valence electrons. The number of halogens is 5. The lowest BCUT2D eigenvalue weighted by molar-refractivity contribution is -0.228. The second-order valence-corrected chi connectivity index (χ2v) is 14.0. The summed E-state index contributed by atoms with van der Waals surface area (Å²) >= 11 is 6.10. The van der Waals surface area contributed by atoms with Gasteiger partial charge >= 0.3 is 6.18 Å². The Hall–Kier alpha value is -2.13. The minimum absolute atomic E-state index is 0.0105. The highest BCUT2D eigenvalue weighted by molar-refractivity contribution is 7.92. The second kappa shape index (κ2) is 9.51. The van der Waals surface area contributed by atoms with Crippen molar-refractivity contribution in [2.75, 3.05) is 18.1 Å². The fourth-order valence-corrected chi connectivity index (χ4v) is 8.31. The zero-order valence-corrected chi connectivity index (χ0v) is 22.7. The predicted octanol–water partition coefficient (Wildman–Crippen LogP) is 6.57. The van der Waals surface area contributed by atoms with Gasteiger partial charge in [-0.05, 0) is 79.8 Å². The van der Waals surface area contributed by atoms with Gasteiger partial charge in [-0.25, -0.2) is 8.60 Å². The van der Waals surface area contributed by atoms with E-state index in [-0.39, 0.29) is 29.4 Å². The molecule has 2 heterocycles. The van der Waals surface area contributed by atoms with Gasteiger partial charge in [-0.1, -0.05) is 41.9 Å². The summed E-state index contributed by atoms with van der Waals surface area (Å²) in [7, 11) is -2.61. The fourth-order valence-electron chi connectivity index (χ4n) is 6.65. The summed E-state index contributed by atoms with van der Waals surface area (Å²) in [5.74, 6) is 0.190. The SMILES string of the molecule is CC(F)(c1ccc2c(c1)CCC1N(C(=O)C3CCS(=N)(=O)CC3)CCC21Cc1ccc(Cl)cc1)C(F)(F)F. The molecule has 2 fully saturated rings. The van der Waals surface area contributed by atoms with Crippen LogP contribution in [0.4, 0.5) is 17.6 Å². The van der Waals surface area contributed by atoms with E-state index in [9.17, 15) is 26.6 Å². The summed E-state index contributed by atoms with van der Waals surface area (Å²) in [5, 5.41) is 0.595. The lowest BCUT2D eigenvalue weighted by Gasteiger charge is -2.44. The first-order chi connectivity index (χ1) is 17.7. The van der Waals surface area contributed by atoms with Gasteiger partial charge in [0.15, 0.2) is 0 Å². The van der Waals surface area contributed by atoms with Gasteiger partial charge in [0.2, 0.25) is 11.6 Å². The van der Waals surface area contributed by atoms with Crippen molar-refractivity contribution in [3.63, 3.8) is 0 Å². The molecule has 4 nitrogen and oxygen atoms in total. The van der Waals surface area contributed by atoms with Crippen LogP contribution in [0.3, 0.4) is 0 Å². The first kappa shape index (κ1) is 27.4. The Morgan fingerprint density at radius 3 is 2.39 bits per heavy atom. The average Bonchev–Trinajstić information content (AvgIpc) is 3.23. The molecule has 0 bridgehead atoms. The third-order valence-electron chi connectivity index (χ3n) is 8.87. The summed E-state index contributed by atoms with van der Waals surface area (Å²) in [6, 6.07) is 11.5. The van der Waals surface area contributed by atoms with Gasteiger partial charge in [0.1, 0.15) is 0 Å². The topological polar surface area (TPSA) is 61.2 Å². The monoisotopic (exact) mass is 570 g/mol. The second-order valence-electron chi connectivity index (χ2n) is 11.2. The molecule has 2 aliphatic heterocycles. The minimum atomic E-state index is -5.03. The molecule has 2 saturated heterocycles. The Kier molecular flexibility index (Phi) is 6.86. The summed E-state index contributed by atoms with van der Waals surface area (Å²) in [6.45, 7) is 1.06. The summed E-state index contributed by atoms with van der Waals surface area (Å²) in [6.07, 6.45) is -1.96. The fraction of sp³-hybridized carbons (Fsp3) is 0.536. The van der Waals surface area contributed by atoms with E-state index >= 15 is 0 Å². The van der Waals surface area contributed by atoms with E-state index in [4.69, 9.17) is 16.4 Å². The third-order valence-corrected chi connectivity index (χ3v) is 10.9. The molecular formula is C28H31ClF4N2O2S. The molecule has 3 aliphatic rings. The maximum Gasteiger partial charge on any atom is 0.426 e. The number of hydrogen-bond donors (Lipinski definition) is 1. The van der Waals surface area contributed by atoms with E-state index in [1.807, 2.05) is 17.0 Å². The van der Waals surface area contributed by atoms with Gasteiger partial charge in [0.05, 0.1) is 0 Å². The summed E-state index contributed by atoms with van der Waals surface area (Å²) in [5.41, 5.74) is -1.82. The van der Waals surface area contributed by atoms with Crippen LogP contribution in [0.25, 0.3) is 0 Å². The molecule has 1 amide bonds. The van der Waals surface area contributed by atoms with Gasteiger partial charge in [-0.3, -0.25) is 9.57 Å². The molecule has 0 aromatic heterocycles. The zero-order valence-electron chi connectivity index (χ0n) is 21.1. The summed E-state index contributed by atoms with van der Waals surface area (Å²) in [4.78, 5) is 15.6. The molecule has 0 spiro atoms. The normalized spacial score (nSPS) is 30.8. The molecule has 3 atom stereocenters. The molecule has 2 aromatic carbocycles. The highest BCUT2D eigenvalue weighted by Crippen LogP contribution is 2.51. The van der Waals surface area contributed by atoms with Crippen LogP contribution in [0.1, 0.15) is 54.9 Å². The lowest BCUT2D eigenvalue weighted by atomic mass is 9.63. The first-order valence-electron chi connectivity index (χ1n) is 12.9. The number of benzene rings is 2. The van der Waals surface area contributed by atoms with Crippen molar-refractivity contribution >= 4 is 27.2 Å². The quantitative estimate of drug-likeness (QED) is 0.423. The number of carbonyl (C=O) groups is 1. The van der Waals surface area contributed by atoms with E-state index < -0.39 is 32.6 Å². The van der Waals surface area contributed by atoms with Crippen LogP contribution in [0.2, 0.25) is 5.02 Å². The Balaban J connectivity index is 1.53. The number of carbonyl (C=O) groups excluding carboxylic acids is 1. The smallest absolute Gasteiger partial charge is 0.339 e. The maximum atomic E-state index is 14.9. The largest absolute Gasteiger partial charge is 0.426 e. The van der Waals surface area contributed by atoms with Crippen molar-refractivity contribution in [1.82, 2.24) is 4.90 Å². The number of aryl methyl sites for hydroxylation is 1. The van der Waals surface area contributed by atoms with Crippen LogP contribution in [0.15, 0.2) is 42.5 Å². The number of fused-ring (bicyclic) bond motifs is 3. The number of alkyl halides is 4. The number of nitrogens with zero attached hydrogens (tertiary/aromatic N) is 1. The number of hydrogen-bond acceptors (Lipinski definition) is 3. The minimum Gasteiger partial charge on any atom is -0.339 e. The van der Waals surface area contributed by atoms with Crippen LogP contribution in [0, 0.1) is 10.7 Å². The molecule has 10 heteroatoms. The lowest BCUT2D eigenvalue weighted by Crippen LogP contribution is -2.51. The van der Waals surface area contributed by atoms with Crippen LogP contribution >= 0.6 is 11.6 Å². The number of amides is 1. The number of nitrogens with one attached hydrogen (secondary N) is 1. The van der Waals surface area contributed by atoms with Crippen molar-refractivity contribution in [1.29, 1.82) is 4.78 Å². The summed E-state index contributed by atoms with van der Waals surface area (Å²) < 4.78 is 75.2. The Morgan fingerprint density at radius 1 is 1.11 bits per heavy atom. The van der Waals surface area contributed by atoms with Gasteiger partial charge in [0, 0.05) is 50.2 Å². The highest BCUT2D eigenvalue weighted by atomic mass is 35.5. The van der Waals surface area contributed by atoms with Crippen molar-refractivity contribution in [3.8, 4) is 0 Å². The first-order valence-corrected chi connectivity index (χ1v) is 15.2. The Bertz CT molecular complexity index is 1330. The van der Waals surface area contributed by atoms with Crippen LogP contribution in [-0.4, -0.2) is 45.3 Å². The third kappa shape index (κ3) is 4.74. The van der Waals surface area contributed by atoms with E-state index in [1.54, 1.807) is 18.2 Å². The van der Waals surface area contributed by atoms with E-state index in [2.05, 4.69) is 0 Å². The van der Waals surface area contributed by atoms with Gasteiger partial charge in [-0.2, -0.15) is 13.2 Å². The standard InChI is InChI=1S/C28H31ClF4N2O2S/c1-26(30,28(31,32)33)21-5-8-23-20(16-21)4-9-24-27(23,17-18-2-6-22(29)7-3-18)12-13-35(24)25(36)19-10-14-38(34,37)15-11-19/h2-3,5-8,16,19,24,34H,4,9-15,17H2,1H3. The van der Waals surface area contributed by atoms with Crippen LogP contribution in [-0.2, 0) is 38.4 Å². The Morgan fingerprint density at radius 2 is 1.76 bits per heavy atom. The highest BCUT2D eigenvalue weighted by Gasteiger charge is 2.56. The van der Waals surface area contributed by atoms with Gasteiger partial charge in [0.25, 0.3) is 0 Å². The molecular weight excluding hydrogens is 540 g/mol. The molecule has 1 N–H and O–H groups in total. The molecule has 0 radical (unpaired) electrons. The maximum absolute atomic E-state index is 14.9. The molecule has 2 aromatic rings. The Labute approximate surface area is 225 Å². The van der Waals surface area contributed by atoms with E-state index in [1.165, 1.54) is 12.1 Å². The molecule has 5 rings (SSSR count). The van der Waals surface area contributed by atoms with Crippen molar-refractivity contribution < 1.29 is 26.6 Å². The molecule has 1 aliphatic carbocycles. The average molecular weight is 571 g/mol. The van der Waals surface area contributed by atoms with Crippen LogP contribution in [0.5, 0.6) is 0 Å². The molecule has 38 heavy (non-hydrogen) atoms. The van der Waals surface area contributed by atoms with Gasteiger partial charge in [-0.15, -0.1) is 0 Å². The predicted molar refractivity (Wildman–Crippen MR) is 140 cm³/mol. The zero-order chi connectivity index (χ0) is 27.5. The van der Waals surface area contributed by atoms with Gasteiger partial charge < -0.3 is 4.90 Å². The van der Waals surface area contributed by atoms with Crippen LogP contribution < -0.4 is 0 Å².